The van der Waals surface area contributed by atoms with E-state index >= 15 is 0 Å². The van der Waals surface area contributed by atoms with Crippen LogP contribution in [0, 0.1) is 12.8 Å². The lowest BCUT2D eigenvalue weighted by atomic mass is 10.1. The predicted molar refractivity (Wildman–Crippen MR) is 80.6 cm³/mol. The lowest BCUT2D eigenvalue weighted by Crippen LogP contribution is -2.27. The van der Waals surface area contributed by atoms with Crippen LogP contribution in [0.2, 0.25) is 0 Å². The number of hydrogen-bond acceptors (Lipinski definition) is 4. The molecule has 0 bridgehead atoms. The Morgan fingerprint density at radius 3 is 2.75 bits per heavy atom. The molecule has 20 heavy (non-hydrogen) atoms. The highest BCUT2D eigenvalue weighted by molar-refractivity contribution is 5.57. The first-order valence-electron chi connectivity index (χ1n) is 7.16. The van der Waals surface area contributed by atoms with Crippen molar-refractivity contribution in [1.29, 1.82) is 0 Å². The minimum absolute atomic E-state index is 0.543. The summed E-state index contributed by atoms with van der Waals surface area (Å²) in [5, 5.41) is 0. The van der Waals surface area contributed by atoms with Gasteiger partial charge in [0.1, 0.15) is 5.82 Å². The van der Waals surface area contributed by atoms with Crippen LogP contribution in [0.3, 0.4) is 0 Å². The van der Waals surface area contributed by atoms with Crippen LogP contribution in [0.4, 0.5) is 5.82 Å². The number of hydrogen-bond donors (Lipinski definition) is 0. The standard InChI is InChI=1S/C16H20N4/c1-11-7-13(3)20(10-11)15-8-12(2)18-16(19-15)14-5-4-6-17-9-14/h4-6,8-9,11,13H,7,10H2,1-3H3. The van der Waals surface area contributed by atoms with Gasteiger partial charge >= 0.3 is 0 Å². The largest absolute Gasteiger partial charge is 0.354 e. The van der Waals surface area contributed by atoms with Gasteiger partial charge in [-0.25, -0.2) is 9.97 Å². The van der Waals surface area contributed by atoms with Crippen molar-refractivity contribution in [1.82, 2.24) is 15.0 Å². The Balaban J connectivity index is 1.99. The van der Waals surface area contributed by atoms with E-state index in [9.17, 15) is 0 Å². The molecule has 2 unspecified atom stereocenters. The zero-order valence-corrected chi connectivity index (χ0v) is 12.2. The van der Waals surface area contributed by atoms with E-state index in [0.717, 1.165) is 35.4 Å². The van der Waals surface area contributed by atoms with Crippen LogP contribution >= 0.6 is 0 Å². The van der Waals surface area contributed by atoms with E-state index in [0.29, 0.717) is 6.04 Å². The van der Waals surface area contributed by atoms with E-state index in [1.54, 1.807) is 6.20 Å². The van der Waals surface area contributed by atoms with E-state index in [4.69, 9.17) is 4.98 Å². The van der Waals surface area contributed by atoms with Gasteiger partial charge in [-0.1, -0.05) is 6.92 Å². The minimum Gasteiger partial charge on any atom is -0.354 e. The van der Waals surface area contributed by atoms with Crippen molar-refractivity contribution >= 4 is 5.82 Å². The fourth-order valence-electron chi connectivity index (χ4n) is 2.94. The Hall–Kier alpha value is -1.97. The molecule has 1 saturated heterocycles. The molecule has 0 aliphatic carbocycles. The van der Waals surface area contributed by atoms with Gasteiger partial charge in [-0.15, -0.1) is 0 Å². The van der Waals surface area contributed by atoms with Gasteiger partial charge in [-0.3, -0.25) is 4.98 Å². The summed E-state index contributed by atoms with van der Waals surface area (Å²) in [6.45, 7) is 7.66. The number of anilines is 1. The second kappa shape index (κ2) is 5.19. The summed E-state index contributed by atoms with van der Waals surface area (Å²) < 4.78 is 0. The van der Waals surface area contributed by atoms with E-state index in [2.05, 4.69) is 34.8 Å². The van der Waals surface area contributed by atoms with Crippen molar-refractivity contribution in [2.75, 3.05) is 11.4 Å². The molecule has 0 amide bonds. The zero-order valence-electron chi connectivity index (χ0n) is 12.2. The van der Waals surface area contributed by atoms with Crippen LogP contribution in [0.15, 0.2) is 30.6 Å². The van der Waals surface area contributed by atoms with Gasteiger partial charge in [0.05, 0.1) is 0 Å². The molecule has 104 valence electrons. The number of pyridine rings is 1. The van der Waals surface area contributed by atoms with E-state index in [1.807, 2.05) is 25.3 Å². The van der Waals surface area contributed by atoms with Crippen molar-refractivity contribution in [2.45, 2.75) is 33.2 Å². The van der Waals surface area contributed by atoms with E-state index in [1.165, 1.54) is 6.42 Å². The maximum atomic E-state index is 4.75. The summed E-state index contributed by atoms with van der Waals surface area (Å²) in [6.07, 6.45) is 4.81. The summed E-state index contributed by atoms with van der Waals surface area (Å²) in [4.78, 5) is 15.8. The Morgan fingerprint density at radius 2 is 2.10 bits per heavy atom. The van der Waals surface area contributed by atoms with Crippen LogP contribution in [0.25, 0.3) is 11.4 Å². The summed E-state index contributed by atoms with van der Waals surface area (Å²) >= 11 is 0. The smallest absolute Gasteiger partial charge is 0.163 e. The Morgan fingerprint density at radius 1 is 1.25 bits per heavy atom. The van der Waals surface area contributed by atoms with Crippen molar-refractivity contribution in [3.63, 3.8) is 0 Å². The van der Waals surface area contributed by atoms with Crippen LogP contribution in [-0.2, 0) is 0 Å². The molecule has 0 saturated carbocycles. The summed E-state index contributed by atoms with van der Waals surface area (Å²) in [5.74, 6) is 2.52. The highest BCUT2D eigenvalue weighted by atomic mass is 15.2. The SMILES string of the molecule is Cc1cc(N2CC(C)CC2C)nc(-c2cccnc2)n1. The molecule has 4 heteroatoms. The Kier molecular flexibility index (Phi) is 3.38. The van der Waals surface area contributed by atoms with Crippen LogP contribution in [0.5, 0.6) is 0 Å². The summed E-state index contributed by atoms with van der Waals surface area (Å²) in [6, 6.07) is 6.54. The van der Waals surface area contributed by atoms with Gasteiger partial charge in [0, 0.05) is 42.3 Å². The highest BCUT2D eigenvalue weighted by Gasteiger charge is 2.27. The van der Waals surface area contributed by atoms with Gasteiger partial charge in [0.15, 0.2) is 5.82 Å². The Labute approximate surface area is 119 Å². The lowest BCUT2D eigenvalue weighted by molar-refractivity contribution is 0.625. The van der Waals surface area contributed by atoms with E-state index in [-0.39, 0.29) is 0 Å². The van der Waals surface area contributed by atoms with E-state index < -0.39 is 0 Å². The van der Waals surface area contributed by atoms with Gasteiger partial charge in [0.25, 0.3) is 0 Å². The third-order valence-corrected chi connectivity index (χ3v) is 3.84. The maximum Gasteiger partial charge on any atom is 0.163 e. The molecule has 0 spiro atoms. The Bertz CT molecular complexity index is 597. The number of rotatable bonds is 2. The highest BCUT2D eigenvalue weighted by Crippen LogP contribution is 2.28. The summed E-state index contributed by atoms with van der Waals surface area (Å²) in [7, 11) is 0. The van der Waals surface area contributed by atoms with Gasteiger partial charge < -0.3 is 4.90 Å². The first kappa shape index (κ1) is 13.0. The molecule has 0 radical (unpaired) electrons. The molecule has 1 aliphatic heterocycles. The maximum absolute atomic E-state index is 4.75. The third kappa shape index (κ3) is 2.50. The van der Waals surface area contributed by atoms with Crippen LogP contribution in [-0.4, -0.2) is 27.5 Å². The number of aryl methyl sites for hydroxylation is 1. The van der Waals surface area contributed by atoms with Crippen LogP contribution in [0.1, 0.15) is 26.0 Å². The third-order valence-electron chi connectivity index (χ3n) is 3.84. The minimum atomic E-state index is 0.543. The number of aromatic nitrogens is 3. The molecule has 0 N–H and O–H groups in total. The molecule has 1 aliphatic rings. The molecule has 0 aromatic carbocycles. The fraction of sp³-hybridized carbons (Fsp3) is 0.438. The van der Waals surface area contributed by atoms with Gasteiger partial charge in [0.2, 0.25) is 0 Å². The molecule has 2 aromatic heterocycles. The molecule has 3 heterocycles. The molecular formula is C16H20N4. The van der Waals surface area contributed by atoms with Crippen molar-refractivity contribution in [2.24, 2.45) is 5.92 Å². The topological polar surface area (TPSA) is 41.9 Å². The lowest BCUT2D eigenvalue weighted by Gasteiger charge is -2.23. The quantitative estimate of drug-likeness (QED) is 0.839. The van der Waals surface area contributed by atoms with Crippen molar-refractivity contribution in [3.8, 4) is 11.4 Å². The van der Waals surface area contributed by atoms with Crippen molar-refractivity contribution < 1.29 is 0 Å². The molecule has 3 rings (SSSR count). The second-order valence-corrected chi connectivity index (χ2v) is 5.78. The summed E-state index contributed by atoms with van der Waals surface area (Å²) in [5.41, 5.74) is 1.97. The van der Waals surface area contributed by atoms with Gasteiger partial charge in [-0.05, 0) is 38.3 Å². The second-order valence-electron chi connectivity index (χ2n) is 5.78. The van der Waals surface area contributed by atoms with Crippen molar-refractivity contribution in [3.05, 3.63) is 36.3 Å². The van der Waals surface area contributed by atoms with Crippen LogP contribution < -0.4 is 4.90 Å². The first-order valence-corrected chi connectivity index (χ1v) is 7.16. The average molecular weight is 268 g/mol. The molecular weight excluding hydrogens is 248 g/mol. The monoisotopic (exact) mass is 268 g/mol. The van der Waals surface area contributed by atoms with Gasteiger partial charge in [-0.2, -0.15) is 0 Å². The first-order chi connectivity index (χ1) is 9.63. The molecule has 2 aromatic rings. The average Bonchev–Trinajstić information content (AvgIpc) is 2.78. The zero-order chi connectivity index (χ0) is 14.1. The number of nitrogens with zero attached hydrogens (tertiary/aromatic N) is 4. The predicted octanol–water partition coefficient (Wildman–Crippen LogP) is 3.08. The normalized spacial score (nSPS) is 22.2. The molecule has 2 atom stereocenters. The fourth-order valence-corrected chi connectivity index (χ4v) is 2.94. The molecule has 1 fully saturated rings. The molecule has 4 nitrogen and oxygen atoms in total.